The molecule has 0 atom stereocenters. The standard InChI is InChI=1S/C9H9Cl2NO/c1-2-3-5-6(10)4-7(12)9(13)8(5)11/h2,4,13H,1,3,12H2. The summed E-state index contributed by atoms with van der Waals surface area (Å²) in [6.07, 6.45) is 2.16. The smallest absolute Gasteiger partial charge is 0.157 e. The van der Waals surface area contributed by atoms with Crippen LogP contribution in [-0.4, -0.2) is 5.11 Å². The number of hydrogen-bond acceptors (Lipinski definition) is 2. The van der Waals surface area contributed by atoms with E-state index in [1.165, 1.54) is 6.07 Å². The Balaban J connectivity index is 3.34. The summed E-state index contributed by atoms with van der Waals surface area (Å²) in [5, 5.41) is 10.0. The highest BCUT2D eigenvalue weighted by Gasteiger charge is 2.12. The van der Waals surface area contributed by atoms with Gasteiger partial charge in [-0.2, -0.15) is 0 Å². The minimum atomic E-state index is -0.122. The summed E-state index contributed by atoms with van der Waals surface area (Å²) in [4.78, 5) is 0. The maximum Gasteiger partial charge on any atom is 0.157 e. The lowest BCUT2D eigenvalue weighted by atomic mass is 10.1. The number of rotatable bonds is 2. The molecule has 1 aromatic carbocycles. The molecule has 0 saturated carbocycles. The third-order valence-corrected chi connectivity index (χ3v) is 2.41. The molecule has 0 amide bonds. The van der Waals surface area contributed by atoms with Gasteiger partial charge in [0.2, 0.25) is 0 Å². The van der Waals surface area contributed by atoms with Crippen LogP contribution < -0.4 is 5.73 Å². The van der Waals surface area contributed by atoms with Crippen LogP contribution in [0.5, 0.6) is 5.75 Å². The van der Waals surface area contributed by atoms with Crippen molar-refractivity contribution in [2.45, 2.75) is 6.42 Å². The summed E-state index contributed by atoms with van der Waals surface area (Å²) in [6, 6.07) is 1.47. The van der Waals surface area contributed by atoms with Gasteiger partial charge in [-0.05, 0) is 18.1 Å². The number of phenolic OH excluding ortho intramolecular Hbond substituents is 1. The quantitative estimate of drug-likeness (QED) is 0.455. The average molecular weight is 218 g/mol. The number of anilines is 1. The summed E-state index contributed by atoms with van der Waals surface area (Å²) in [5.74, 6) is -0.122. The van der Waals surface area contributed by atoms with Crippen molar-refractivity contribution in [3.63, 3.8) is 0 Å². The highest BCUT2D eigenvalue weighted by molar-refractivity contribution is 6.37. The number of aromatic hydroxyl groups is 1. The van der Waals surface area contributed by atoms with Gasteiger partial charge in [0.25, 0.3) is 0 Å². The molecule has 0 heterocycles. The number of halogens is 2. The lowest BCUT2D eigenvalue weighted by Gasteiger charge is -2.08. The summed E-state index contributed by atoms with van der Waals surface area (Å²) < 4.78 is 0. The predicted molar refractivity (Wildman–Crippen MR) is 56.4 cm³/mol. The molecule has 2 nitrogen and oxygen atoms in total. The Bertz CT molecular complexity index is 350. The molecule has 0 saturated heterocycles. The summed E-state index contributed by atoms with van der Waals surface area (Å²) in [5.41, 5.74) is 6.27. The molecule has 70 valence electrons. The first kappa shape index (κ1) is 10.2. The summed E-state index contributed by atoms with van der Waals surface area (Å²) >= 11 is 11.7. The van der Waals surface area contributed by atoms with Crippen LogP contribution in [0.3, 0.4) is 0 Å². The molecule has 0 spiro atoms. The van der Waals surface area contributed by atoms with Gasteiger partial charge in [0.1, 0.15) is 0 Å². The van der Waals surface area contributed by atoms with Crippen molar-refractivity contribution in [2.75, 3.05) is 5.73 Å². The Kier molecular flexibility index (Phi) is 3.07. The van der Waals surface area contributed by atoms with Crippen LogP contribution in [0, 0.1) is 0 Å². The Morgan fingerprint density at radius 1 is 1.54 bits per heavy atom. The monoisotopic (exact) mass is 217 g/mol. The summed E-state index contributed by atoms with van der Waals surface area (Å²) in [6.45, 7) is 3.56. The van der Waals surface area contributed by atoms with Crippen LogP contribution >= 0.6 is 23.2 Å². The molecule has 0 aliphatic carbocycles. The first-order chi connectivity index (χ1) is 6.07. The number of nitrogens with two attached hydrogens (primary N) is 1. The Hall–Kier alpha value is -0.860. The topological polar surface area (TPSA) is 46.2 Å². The van der Waals surface area contributed by atoms with Crippen molar-refractivity contribution in [1.82, 2.24) is 0 Å². The maximum absolute atomic E-state index is 9.39. The number of benzene rings is 1. The van der Waals surface area contributed by atoms with Gasteiger partial charge in [-0.1, -0.05) is 29.3 Å². The molecule has 0 aromatic heterocycles. The van der Waals surface area contributed by atoms with Gasteiger partial charge in [-0.25, -0.2) is 0 Å². The molecule has 4 heteroatoms. The van der Waals surface area contributed by atoms with Gasteiger partial charge in [0.15, 0.2) is 5.75 Å². The predicted octanol–water partition coefficient (Wildman–Crippen LogP) is 3.01. The van der Waals surface area contributed by atoms with Gasteiger partial charge < -0.3 is 10.8 Å². The molecule has 1 aromatic rings. The van der Waals surface area contributed by atoms with Crippen molar-refractivity contribution < 1.29 is 5.11 Å². The fraction of sp³-hybridized carbons (Fsp3) is 0.111. The highest BCUT2D eigenvalue weighted by Crippen LogP contribution is 2.37. The first-order valence-electron chi connectivity index (χ1n) is 3.64. The van der Waals surface area contributed by atoms with E-state index in [1.807, 2.05) is 0 Å². The zero-order valence-electron chi connectivity index (χ0n) is 6.85. The van der Waals surface area contributed by atoms with Crippen LogP contribution in [0.25, 0.3) is 0 Å². The van der Waals surface area contributed by atoms with E-state index >= 15 is 0 Å². The Morgan fingerprint density at radius 3 is 2.69 bits per heavy atom. The third-order valence-electron chi connectivity index (χ3n) is 1.67. The number of hydrogen-bond donors (Lipinski definition) is 2. The number of allylic oxidation sites excluding steroid dienone is 1. The van der Waals surface area contributed by atoms with E-state index in [0.717, 1.165) is 0 Å². The van der Waals surface area contributed by atoms with Crippen molar-refractivity contribution in [2.24, 2.45) is 0 Å². The van der Waals surface area contributed by atoms with Gasteiger partial charge >= 0.3 is 0 Å². The second kappa shape index (κ2) is 3.90. The molecule has 0 radical (unpaired) electrons. The van der Waals surface area contributed by atoms with E-state index in [1.54, 1.807) is 6.08 Å². The molecular weight excluding hydrogens is 209 g/mol. The van der Waals surface area contributed by atoms with E-state index in [2.05, 4.69) is 6.58 Å². The van der Waals surface area contributed by atoms with Gasteiger partial charge in [0, 0.05) is 5.02 Å². The van der Waals surface area contributed by atoms with Crippen LogP contribution in [0.1, 0.15) is 5.56 Å². The van der Waals surface area contributed by atoms with E-state index < -0.39 is 0 Å². The first-order valence-corrected chi connectivity index (χ1v) is 4.39. The van der Waals surface area contributed by atoms with Crippen molar-refractivity contribution in [3.8, 4) is 5.75 Å². The van der Waals surface area contributed by atoms with Crippen molar-refractivity contribution in [3.05, 3.63) is 34.3 Å². The van der Waals surface area contributed by atoms with Gasteiger partial charge in [-0.15, -0.1) is 6.58 Å². The normalized spacial score (nSPS) is 10.0. The van der Waals surface area contributed by atoms with Gasteiger partial charge in [-0.3, -0.25) is 0 Å². The Labute approximate surface area is 86.6 Å². The molecular formula is C9H9Cl2NO. The largest absolute Gasteiger partial charge is 0.504 e. The maximum atomic E-state index is 9.39. The SMILES string of the molecule is C=CCc1c(Cl)cc(N)c(O)c1Cl. The minimum absolute atomic E-state index is 0.122. The highest BCUT2D eigenvalue weighted by atomic mass is 35.5. The average Bonchev–Trinajstić information content (AvgIpc) is 2.09. The zero-order chi connectivity index (χ0) is 10.0. The second-order valence-corrected chi connectivity index (χ2v) is 3.37. The van der Waals surface area contributed by atoms with E-state index in [-0.39, 0.29) is 16.5 Å². The Morgan fingerprint density at radius 2 is 2.15 bits per heavy atom. The summed E-state index contributed by atoms with van der Waals surface area (Å²) in [7, 11) is 0. The fourth-order valence-electron chi connectivity index (χ4n) is 0.998. The van der Waals surface area contributed by atoms with Crippen LogP contribution in [-0.2, 0) is 6.42 Å². The fourth-order valence-corrected chi connectivity index (χ4v) is 1.62. The van der Waals surface area contributed by atoms with E-state index in [4.69, 9.17) is 28.9 Å². The molecule has 0 aliphatic heterocycles. The molecule has 0 bridgehead atoms. The second-order valence-electron chi connectivity index (χ2n) is 2.58. The van der Waals surface area contributed by atoms with Gasteiger partial charge in [0.05, 0.1) is 10.7 Å². The lowest BCUT2D eigenvalue weighted by molar-refractivity contribution is 0.477. The molecule has 0 unspecified atom stereocenters. The molecule has 0 fully saturated rings. The third kappa shape index (κ3) is 1.90. The number of nitrogen functional groups attached to an aromatic ring is 1. The van der Waals surface area contributed by atoms with Crippen LogP contribution in [0.15, 0.2) is 18.7 Å². The van der Waals surface area contributed by atoms with E-state index in [9.17, 15) is 5.11 Å². The van der Waals surface area contributed by atoms with Crippen molar-refractivity contribution in [1.29, 1.82) is 0 Å². The molecule has 0 aliphatic rings. The zero-order valence-corrected chi connectivity index (χ0v) is 8.36. The molecule has 13 heavy (non-hydrogen) atoms. The van der Waals surface area contributed by atoms with Crippen LogP contribution in [0.2, 0.25) is 10.0 Å². The van der Waals surface area contributed by atoms with E-state index in [0.29, 0.717) is 17.0 Å². The molecule has 3 N–H and O–H groups in total. The molecule has 1 rings (SSSR count). The number of phenols is 1. The van der Waals surface area contributed by atoms with Crippen molar-refractivity contribution >= 4 is 28.9 Å². The minimum Gasteiger partial charge on any atom is -0.504 e. The van der Waals surface area contributed by atoms with Crippen LogP contribution in [0.4, 0.5) is 5.69 Å². The lowest BCUT2D eigenvalue weighted by Crippen LogP contribution is -1.92.